The number of allylic oxidation sites excluding steroid dienone is 3. The lowest BCUT2D eigenvalue weighted by molar-refractivity contribution is 0.932. The minimum atomic E-state index is 1.05. The van der Waals surface area contributed by atoms with Gasteiger partial charge in [-0.3, -0.25) is 0 Å². The summed E-state index contributed by atoms with van der Waals surface area (Å²) in [5.41, 5.74) is 20.5. The molecular weight excluding hydrogens is 713 g/mol. The lowest BCUT2D eigenvalue weighted by atomic mass is 9.97. The Morgan fingerprint density at radius 2 is 0.678 bits per heavy atom. The normalized spacial score (nSPS) is 12.4. The molecule has 1 aliphatic rings. The highest BCUT2D eigenvalue weighted by Gasteiger charge is 2.20. The predicted octanol–water partition coefficient (Wildman–Crippen LogP) is 16.2. The van der Waals surface area contributed by atoms with Crippen LogP contribution in [0.2, 0.25) is 0 Å². The Bertz CT molecular complexity index is 2660. The standard InChI is InChI=1S/C57H48N2/c1-41-14-13-21-55(38-41)59(54-34-26-49(27-35-54)46-19-11-6-12-20-46)57-37-29-51(40-43(57)3)50-28-36-56(42(2)39-50)58(52-30-22-47(23-31-52)44-15-7-4-8-16-44)53-32-24-48(25-33-53)45-17-9-5-10-18-45/h4-12,15-40H,13-14H2,1-3H3. The third-order valence-electron chi connectivity index (χ3n) is 11.5. The van der Waals surface area contributed by atoms with Crippen molar-refractivity contribution in [2.45, 2.75) is 33.6 Å². The van der Waals surface area contributed by atoms with Crippen LogP contribution in [0, 0.1) is 13.8 Å². The van der Waals surface area contributed by atoms with Crippen molar-refractivity contribution in [2.24, 2.45) is 0 Å². The van der Waals surface area contributed by atoms with Crippen LogP contribution in [0.15, 0.2) is 224 Å². The Morgan fingerprint density at radius 3 is 1.05 bits per heavy atom. The molecular formula is C57H48N2. The molecule has 2 heteroatoms. The van der Waals surface area contributed by atoms with Crippen LogP contribution in [-0.4, -0.2) is 0 Å². The molecule has 59 heavy (non-hydrogen) atoms. The second kappa shape index (κ2) is 16.7. The number of rotatable bonds is 10. The van der Waals surface area contributed by atoms with Crippen LogP contribution < -0.4 is 9.80 Å². The van der Waals surface area contributed by atoms with E-state index in [1.165, 1.54) is 72.6 Å². The molecule has 0 aromatic heterocycles. The minimum absolute atomic E-state index is 1.05. The van der Waals surface area contributed by atoms with Crippen molar-refractivity contribution in [3.05, 3.63) is 235 Å². The molecule has 0 heterocycles. The largest absolute Gasteiger partial charge is 0.311 e. The van der Waals surface area contributed by atoms with Crippen molar-refractivity contribution in [3.63, 3.8) is 0 Å². The van der Waals surface area contributed by atoms with Gasteiger partial charge in [0.05, 0.1) is 0 Å². The second-order valence-corrected chi connectivity index (χ2v) is 15.6. The maximum Gasteiger partial charge on any atom is 0.0491 e. The van der Waals surface area contributed by atoms with Gasteiger partial charge in [0.1, 0.15) is 0 Å². The van der Waals surface area contributed by atoms with Crippen LogP contribution in [0.3, 0.4) is 0 Å². The van der Waals surface area contributed by atoms with Gasteiger partial charge in [-0.15, -0.1) is 0 Å². The van der Waals surface area contributed by atoms with Crippen LogP contribution in [0.4, 0.5) is 28.4 Å². The first kappa shape index (κ1) is 37.4. The highest BCUT2D eigenvalue weighted by molar-refractivity contribution is 5.84. The molecule has 0 atom stereocenters. The molecule has 2 nitrogen and oxygen atoms in total. The maximum atomic E-state index is 2.43. The molecule has 0 saturated carbocycles. The van der Waals surface area contributed by atoms with E-state index in [0.29, 0.717) is 0 Å². The van der Waals surface area contributed by atoms with E-state index in [9.17, 15) is 0 Å². The maximum absolute atomic E-state index is 2.43. The summed E-state index contributed by atoms with van der Waals surface area (Å²) in [7, 11) is 0. The summed E-state index contributed by atoms with van der Waals surface area (Å²) >= 11 is 0. The van der Waals surface area contributed by atoms with Crippen molar-refractivity contribution >= 4 is 28.4 Å². The van der Waals surface area contributed by atoms with E-state index in [4.69, 9.17) is 0 Å². The molecule has 286 valence electrons. The fourth-order valence-electron chi connectivity index (χ4n) is 8.31. The summed E-state index contributed by atoms with van der Waals surface area (Å²) in [6.07, 6.45) is 6.88. The molecule has 0 spiro atoms. The summed E-state index contributed by atoms with van der Waals surface area (Å²) in [5, 5.41) is 0. The molecule has 0 saturated heterocycles. The zero-order chi connectivity index (χ0) is 40.1. The molecule has 0 radical (unpaired) electrons. The quantitative estimate of drug-likeness (QED) is 0.137. The summed E-state index contributed by atoms with van der Waals surface area (Å²) in [4.78, 5) is 4.81. The van der Waals surface area contributed by atoms with Crippen molar-refractivity contribution in [1.82, 2.24) is 0 Å². The second-order valence-electron chi connectivity index (χ2n) is 15.6. The Balaban J connectivity index is 1.06. The Labute approximate surface area is 349 Å². The number of hydrogen-bond donors (Lipinski definition) is 0. The number of benzene rings is 8. The van der Waals surface area contributed by atoms with E-state index in [2.05, 4.69) is 243 Å². The zero-order valence-corrected chi connectivity index (χ0v) is 34.0. The van der Waals surface area contributed by atoms with Gasteiger partial charge in [-0.2, -0.15) is 0 Å². The van der Waals surface area contributed by atoms with Gasteiger partial charge in [-0.25, -0.2) is 0 Å². The topological polar surface area (TPSA) is 6.48 Å². The Morgan fingerprint density at radius 1 is 0.339 bits per heavy atom. The van der Waals surface area contributed by atoms with E-state index in [0.717, 1.165) is 35.6 Å². The van der Waals surface area contributed by atoms with Gasteiger partial charge in [-0.05, 0) is 156 Å². The molecule has 0 N–H and O–H groups in total. The van der Waals surface area contributed by atoms with E-state index in [-0.39, 0.29) is 0 Å². The molecule has 8 aromatic rings. The molecule has 0 aliphatic heterocycles. The smallest absolute Gasteiger partial charge is 0.0491 e. The number of hydrogen-bond acceptors (Lipinski definition) is 2. The minimum Gasteiger partial charge on any atom is -0.311 e. The molecule has 0 bridgehead atoms. The van der Waals surface area contributed by atoms with E-state index < -0.39 is 0 Å². The molecule has 0 fully saturated rings. The first-order valence-corrected chi connectivity index (χ1v) is 20.6. The van der Waals surface area contributed by atoms with Crippen molar-refractivity contribution in [3.8, 4) is 44.5 Å². The van der Waals surface area contributed by atoms with Gasteiger partial charge >= 0.3 is 0 Å². The van der Waals surface area contributed by atoms with Crippen molar-refractivity contribution in [1.29, 1.82) is 0 Å². The Hall–Kier alpha value is -7.16. The first-order valence-electron chi connectivity index (χ1n) is 20.6. The van der Waals surface area contributed by atoms with Gasteiger partial charge in [0, 0.05) is 34.1 Å². The number of aryl methyl sites for hydroxylation is 2. The molecule has 1 aliphatic carbocycles. The highest BCUT2D eigenvalue weighted by Crippen LogP contribution is 2.41. The molecule has 9 rings (SSSR count). The average Bonchev–Trinajstić information content (AvgIpc) is 3.29. The zero-order valence-electron chi connectivity index (χ0n) is 34.0. The third kappa shape index (κ3) is 8.04. The fourth-order valence-corrected chi connectivity index (χ4v) is 8.31. The average molecular weight is 761 g/mol. The third-order valence-corrected chi connectivity index (χ3v) is 11.5. The Kier molecular flexibility index (Phi) is 10.6. The summed E-state index contributed by atoms with van der Waals surface area (Å²) in [6.45, 7) is 6.71. The van der Waals surface area contributed by atoms with Gasteiger partial charge in [-0.1, -0.05) is 151 Å². The van der Waals surface area contributed by atoms with Crippen LogP contribution in [0.5, 0.6) is 0 Å². The molecule has 8 aromatic carbocycles. The van der Waals surface area contributed by atoms with E-state index in [1.54, 1.807) is 0 Å². The SMILES string of the molecule is CC1=CC(N(c2ccc(-c3ccccc3)cc2)c2ccc(-c3ccc(N(c4ccc(-c5ccccc5)cc4)c4ccc(-c5ccccc5)cc4)c(C)c3)cc2C)=CCC1. The summed E-state index contributed by atoms with van der Waals surface area (Å²) in [5.74, 6) is 0. The number of nitrogens with zero attached hydrogens (tertiary/aromatic N) is 2. The summed E-state index contributed by atoms with van der Waals surface area (Å²) in [6, 6.07) is 72.4. The van der Waals surface area contributed by atoms with Crippen molar-refractivity contribution < 1.29 is 0 Å². The van der Waals surface area contributed by atoms with E-state index in [1.807, 2.05) is 0 Å². The monoisotopic (exact) mass is 760 g/mol. The van der Waals surface area contributed by atoms with Gasteiger partial charge in [0.2, 0.25) is 0 Å². The van der Waals surface area contributed by atoms with Crippen LogP contribution in [-0.2, 0) is 0 Å². The predicted molar refractivity (Wildman–Crippen MR) is 252 cm³/mol. The summed E-state index contributed by atoms with van der Waals surface area (Å²) < 4.78 is 0. The van der Waals surface area contributed by atoms with Crippen LogP contribution in [0.1, 0.15) is 30.9 Å². The van der Waals surface area contributed by atoms with Crippen molar-refractivity contribution in [2.75, 3.05) is 9.80 Å². The lowest BCUT2D eigenvalue weighted by Crippen LogP contribution is -2.18. The molecule has 0 amide bonds. The first-order chi connectivity index (χ1) is 29.0. The van der Waals surface area contributed by atoms with Gasteiger partial charge in [0.25, 0.3) is 0 Å². The van der Waals surface area contributed by atoms with Gasteiger partial charge < -0.3 is 9.80 Å². The van der Waals surface area contributed by atoms with Gasteiger partial charge in [0.15, 0.2) is 0 Å². The highest BCUT2D eigenvalue weighted by atomic mass is 15.2. The van der Waals surface area contributed by atoms with Crippen LogP contribution >= 0.6 is 0 Å². The fraction of sp³-hybridized carbons (Fsp3) is 0.0877. The van der Waals surface area contributed by atoms with Crippen LogP contribution in [0.25, 0.3) is 44.5 Å². The number of anilines is 5. The lowest BCUT2D eigenvalue weighted by Gasteiger charge is -2.30. The molecule has 0 unspecified atom stereocenters. The van der Waals surface area contributed by atoms with E-state index >= 15 is 0 Å².